The van der Waals surface area contributed by atoms with Gasteiger partial charge in [-0.25, -0.2) is 4.79 Å². The fourth-order valence-corrected chi connectivity index (χ4v) is 2.01. The highest BCUT2D eigenvalue weighted by molar-refractivity contribution is 7.99. The lowest BCUT2D eigenvalue weighted by Gasteiger charge is -2.14. The predicted octanol–water partition coefficient (Wildman–Crippen LogP) is -0.0722. The van der Waals surface area contributed by atoms with Gasteiger partial charge in [-0.15, -0.1) is 0 Å². The van der Waals surface area contributed by atoms with Crippen molar-refractivity contribution in [1.29, 1.82) is 0 Å². The minimum absolute atomic E-state index is 0.285. The Morgan fingerprint density at radius 3 is 2.56 bits per heavy atom. The normalized spacial score (nSPS) is 12.4. The van der Waals surface area contributed by atoms with Gasteiger partial charge in [0.25, 0.3) is 0 Å². The molecule has 0 saturated heterocycles. The maximum atomic E-state index is 10.6. The number of nitrogens with one attached hydrogen (secondary N) is 1. The van der Waals surface area contributed by atoms with Crippen molar-refractivity contribution >= 4 is 24.1 Å². The van der Waals surface area contributed by atoms with Gasteiger partial charge in [-0.1, -0.05) is 0 Å². The van der Waals surface area contributed by atoms with E-state index in [0.29, 0.717) is 24.3 Å². The summed E-state index contributed by atoms with van der Waals surface area (Å²) < 4.78 is 9.94. The van der Waals surface area contributed by atoms with Crippen LogP contribution in [0.3, 0.4) is 0 Å². The van der Waals surface area contributed by atoms with Crippen LogP contribution in [0.1, 0.15) is 6.42 Å². The van der Waals surface area contributed by atoms with Crippen LogP contribution in [0.4, 0.5) is 0 Å². The van der Waals surface area contributed by atoms with E-state index in [1.807, 2.05) is 0 Å². The molecule has 0 aliphatic heterocycles. The fourth-order valence-electron chi connectivity index (χ4n) is 0.973. The lowest BCUT2D eigenvalue weighted by Crippen LogP contribution is -2.36. The number of carboxylic acid groups (broad SMARTS) is 1. The molecule has 94 valence electrons. The molecule has 0 aliphatic carbocycles. The Kier molecular flexibility index (Phi) is 8.97. The number of carboxylic acids is 1. The molecule has 0 aliphatic rings. The quantitative estimate of drug-likeness (QED) is 0.321. The zero-order valence-electron chi connectivity index (χ0n) is 9.34. The van der Waals surface area contributed by atoms with E-state index in [2.05, 4.69) is 5.32 Å². The maximum absolute atomic E-state index is 10.6. The first-order chi connectivity index (χ1) is 7.65. The third kappa shape index (κ3) is 6.65. The molecule has 0 spiro atoms. The zero-order chi connectivity index (χ0) is 12.4. The van der Waals surface area contributed by atoms with Crippen LogP contribution >= 0.6 is 11.8 Å². The lowest BCUT2D eigenvalue weighted by atomic mass is 10.2. The summed E-state index contributed by atoms with van der Waals surface area (Å²) in [5.74, 6) is 0.212. The molecule has 6 nitrogen and oxygen atoms in total. The molecule has 2 N–H and O–H groups in total. The van der Waals surface area contributed by atoms with E-state index in [-0.39, 0.29) is 6.29 Å². The summed E-state index contributed by atoms with van der Waals surface area (Å²) in [6.45, 7) is 0. The molecule has 0 bridgehead atoms. The largest absolute Gasteiger partial charge is 0.480 e. The second-order valence-electron chi connectivity index (χ2n) is 2.94. The summed E-state index contributed by atoms with van der Waals surface area (Å²) in [5, 5.41) is 11.0. The van der Waals surface area contributed by atoms with Crippen molar-refractivity contribution in [1.82, 2.24) is 5.32 Å². The van der Waals surface area contributed by atoms with E-state index in [0.717, 1.165) is 0 Å². The van der Waals surface area contributed by atoms with Gasteiger partial charge in [0.2, 0.25) is 6.41 Å². The average Bonchev–Trinajstić information content (AvgIpc) is 2.27. The SMILES string of the molecule is COC(CSCCC(NC=O)C(=O)O)OC. The Morgan fingerprint density at radius 1 is 1.50 bits per heavy atom. The number of carbonyl (C=O) groups excluding carboxylic acids is 1. The van der Waals surface area contributed by atoms with Crippen molar-refractivity contribution in [3.05, 3.63) is 0 Å². The lowest BCUT2D eigenvalue weighted by molar-refractivity contribution is -0.140. The van der Waals surface area contributed by atoms with Crippen LogP contribution in [-0.2, 0) is 19.1 Å². The van der Waals surface area contributed by atoms with Crippen LogP contribution in [0.25, 0.3) is 0 Å². The summed E-state index contributed by atoms with van der Waals surface area (Å²) in [7, 11) is 3.09. The molecule has 0 rings (SSSR count). The van der Waals surface area contributed by atoms with Gasteiger partial charge in [0.15, 0.2) is 6.29 Å². The van der Waals surface area contributed by atoms with Gasteiger partial charge in [-0.05, 0) is 12.2 Å². The predicted molar refractivity (Wildman–Crippen MR) is 60.4 cm³/mol. The molecular formula is C9H17NO5S. The third-order valence-electron chi connectivity index (χ3n) is 1.90. The van der Waals surface area contributed by atoms with Crippen LogP contribution < -0.4 is 5.32 Å². The highest BCUT2D eigenvalue weighted by Crippen LogP contribution is 2.09. The first-order valence-electron chi connectivity index (χ1n) is 4.71. The smallest absolute Gasteiger partial charge is 0.326 e. The van der Waals surface area contributed by atoms with Gasteiger partial charge in [0.05, 0.1) is 0 Å². The molecule has 7 heteroatoms. The monoisotopic (exact) mass is 251 g/mol. The van der Waals surface area contributed by atoms with Gasteiger partial charge < -0.3 is 19.9 Å². The topological polar surface area (TPSA) is 84.9 Å². The second kappa shape index (κ2) is 9.44. The average molecular weight is 251 g/mol. The van der Waals surface area contributed by atoms with Gasteiger partial charge in [0, 0.05) is 20.0 Å². The number of hydrogen-bond acceptors (Lipinski definition) is 5. The molecule has 0 radical (unpaired) electrons. The molecule has 16 heavy (non-hydrogen) atoms. The minimum Gasteiger partial charge on any atom is -0.480 e. The van der Waals surface area contributed by atoms with Crippen molar-refractivity contribution in [2.45, 2.75) is 18.8 Å². The molecule has 0 saturated carbocycles. The molecule has 0 heterocycles. The molecule has 1 amide bonds. The maximum Gasteiger partial charge on any atom is 0.326 e. The van der Waals surface area contributed by atoms with E-state index in [1.54, 1.807) is 14.2 Å². The first-order valence-corrected chi connectivity index (χ1v) is 5.87. The molecule has 0 aromatic heterocycles. The standard InChI is InChI=1S/C9H17NO5S/c1-14-8(15-2)5-16-4-3-7(9(12)13)10-6-11/h6-8H,3-5H2,1-2H3,(H,10,11)(H,12,13). The van der Waals surface area contributed by atoms with Gasteiger partial charge in [-0.2, -0.15) is 11.8 Å². The Bertz CT molecular complexity index is 210. The van der Waals surface area contributed by atoms with Crippen molar-refractivity contribution in [2.24, 2.45) is 0 Å². The van der Waals surface area contributed by atoms with Crippen molar-refractivity contribution < 1.29 is 24.2 Å². The summed E-state index contributed by atoms with van der Waals surface area (Å²) >= 11 is 1.51. The van der Waals surface area contributed by atoms with Gasteiger partial charge in [-0.3, -0.25) is 4.79 Å². The van der Waals surface area contributed by atoms with Crippen LogP contribution in [0, 0.1) is 0 Å². The molecule has 1 atom stereocenters. The Morgan fingerprint density at radius 2 is 2.12 bits per heavy atom. The third-order valence-corrected chi connectivity index (χ3v) is 2.93. The van der Waals surface area contributed by atoms with E-state index < -0.39 is 12.0 Å². The molecule has 0 aromatic rings. The highest BCUT2D eigenvalue weighted by atomic mass is 32.2. The molecule has 0 fully saturated rings. The zero-order valence-corrected chi connectivity index (χ0v) is 10.2. The van der Waals surface area contributed by atoms with Gasteiger partial charge >= 0.3 is 5.97 Å². The number of hydrogen-bond donors (Lipinski definition) is 2. The van der Waals surface area contributed by atoms with Crippen LogP contribution in [0.15, 0.2) is 0 Å². The molecular weight excluding hydrogens is 234 g/mol. The minimum atomic E-state index is -1.03. The second-order valence-corrected chi connectivity index (χ2v) is 4.09. The first kappa shape index (κ1) is 15.2. The van der Waals surface area contributed by atoms with Crippen LogP contribution in [-0.4, -0.2) is 55.5 Å². The molecule has 1 unspecified atom stereocenters. The highest BCUT2D eigenvalue weighted by Gasteiger charge is 2.15. The van der Waals surface area contributed by atoms with E-state index in [1.165, 1.54) is 11.8 Å². The van der Waals surface area contributed by atoms with E-state index in [4.69, 9.17) is 14.6 Å². The van der Waals surface area contributed by atoms with Crippen LogP contribution in [0.2, 0.25) is 0 Å². The Hall–Kier alpha value is -0.790. The fraction of sp³-hybridized carbons (Fsp3) is 0.778. The number of thioether (sulfide) groups is 1. The Labute approximate surface area is 98.7 Å². The van der Waals surface area contributed by atoms with E-state index >= 15 is 0 Å². The van der Waals surface area contributed by atoms with Crippen molar-refractivity contribution in [2.75, 3.05) is 25.7 Å². The van der Waals surface area contributed by atoms with E-state index in [9.17, 15) is 9.59 Å². The number of carbonyl (C=O) groups is 2. The number of aliphatic carboxylic acids is 1. The van der Waals surface area contributed by atoms with Gasteiger partial charge in [0.1, 0.15) is 6.04 Å². The number of ether oxygens (including phenoxy) is 2. The van der Waals surface area contributed by atoms with Crippen molar-refractivity contribution in [3.63, 3.8) is 0 Å². The van der Waals surface area contributed by atoms with Crippen molar-refractivity contribution in [3.8, 4) is 0 Å². The summed E-state index contributed by atoms with van der Waals surface area (Å²) in [6.07, 6.45) is 0.488. The number of rotatable bonds is 10. The molecule has 0 aromatic carbocycles. The number of methoxy groups -OCH3 is 2. The number of amides is 1. The van der Waals surface area contributed by atoms with Crippen LogP contribution in [0.5, 0.6) is 0 Å². The summed E-state index contributed by atoms with van der Waals surface area (Å²) in [4.78, 5) is 20.8. The summed E-state index contributed by atoms with van der Waals surface area (Å²) in [6, 6.07) is -0.825. The summed E-state index contributed by atoms with van der Waals surface area (Å²) in [5.41, 5.74) is 0. The Balaban J connectivity index is 3.69.